The Labute approximate surface area is 170 Å². The Morgan fingerprint density at radius 2 is 0.429 bits per heavy atom. The summed E-state index contributed by atoms with van der Waals surface area (Å²) in [5.41, 5.74) is 0. The molecule has 0 aromatic heterocycles. The fourth-order valence-corrected chi connectivity index (χ4v) is 1.41. The predicted octanol–water partition coefficient (Wildman–Crippen LogP) is 6.88. The van der Waals surface area contributed by atoms with Gasteiger partial charge in [0.1, 0.15) is 26.2 Å². The van der Waals surface area contributed by atoms with Crippen molar-refractivity contribution in [1.29, 1.82) is 0 Å². The average Bonchev–Trinajstić information content (AvgIpc) is 2.32. The van der Waals surface area contributed by atoms with Crippen LogP contribution in [0.15, 0.2) is 0 Å². The molecule has 0 aromatic carbocycles. The van der Waals surface area contributed by atoms with Gasteiger partial charge in [-0.25, -0.2) is 46.3 Å². The van der Waals surface area contributed by atoms with Crippen LogP contribution in [-0.2, 0) is 0 Å². The summed E-state index contributed by atoms with van der Waals surface area (Å²) in [6, 6.07) is 0. The molecule has 1 aliphatic rings. The van der Waals surface area contributed by atoms with E-state index < -0.39 is 26.2 Å². The van der Waals surface area contributed by atoms with E-state index in [4.69, 9.17) is 0 Å². The van der Waals surface area contributed by atoms with Crippen LogP contribution < -0.4 is 0 Å². The third kappa shape index (κ3) is 18.4. The van der Waals surface area contributed by atoms with Crippen molar-refractivity contribution < 1.29 is 35.6 Å². The van der Waals surface area contributed by atoms with Crippen molar-refractivity contribution in [3.8, 4) is 0 Å². The minimum absolute atomic E-state index is 0. The topological polar surface area (TPSA) is 0 Å². The third-order valence-corrected chi connectivity index (χ3v) is 2.81. The molecule has 3 heteroatoms. The zero-order valence-electron chi connectivity index (χ0n) is 17.2. The SMILES string of the molecule is C[C]1[C](C)[C](C)[C](C)[C]1C.[CH3][Al-]([CH3])([CH3])[CH3].[CH3][Al-]([CH3])([CH3])[CH3].[La+3]. The average molecular weight is 448 g/mol. The maximum atomic E-state index is 2.35. The molecule has 1 rings (SSSR count). The van der Waals surface area contributed by atoms with Crippen LogP contribution in [0.1, 0.15) is 34.6 Å². The smallest absolute Gasteiger partial charge is 0.204 e. The van der Waals surface area contributed by atoms with E-state index in [2.05, 4.69) is 80.9 Å². The molecule has 0 unspecified atom stereocenters. The van der Waals surface area contributed by atoms with E-state index in [9.17, 15) is 0 Å². The molecule has 119 valence electrons. The zero-order valence-corrected chi connectivity index (χ0v) is 23.2. The Morgan fingerprint density at radius 1 is 0.381 bits per heavy atom. The van der Waals surface area contributed by atoms with E-state index in [1.54, 1.807) is 0 Å². The van der Waals surface area contributed by atoms with Crippen LogP contribution in [0.4, 0.5) is 0 Å². The van der Waals surface area contributed by atoms with Gasteiger partial charge in [0.05, 0.1) is 0 Å². The van der Waals surface area contributed by atoms with Crippen molar-refractivity contribution in [2.45, 2.75) is 80.9 Å². The van der Waals surface area contributed by atoms with E-state index in [-0.39, 0.29) is 35.6 Å². The van der Waals surface area contributed by atoms with Crippen molar-refractivity contribution >= 4 is 26.2 Å². The largest absolute Gasteiger partial charge is 3.00 e. The predicted molar refractivity (Wildman–Crippen MR) is 103 cm³/mol. The fraction of sp³-hybridized carbons (Fsp3) is 0.722. The summed E-state index contributed by atoms with van der Waals surface area (Å²) in [6.45, 7) is 11.0. The Bertz CT molecular complexity index is 184. The van der Waals surface area contributed by atoms with Crippen LogP contribution in [0.25, 0.3) is 0 Å². The van der Waals surface area contributed by atoms with Gasteiger partial charge in [0.25, 0.3) is 0 Å². The molecule has 1 aliphatic carbocycles. The van der Waals surface area contributed by atoms with Gasteiger partial charge < -0.3 is 0 Å². The molecule has 1 saturated carbocycles. The molecule has 0 aliphatic heterocycles. The first-order chi connectivity index (χ1) is 8.55. The van der Waals surface area contributed by atoms with Crippen LogP contribution in [0.3, 0.4) is 0 Å². The van der Waals surface area contributed by atoms with E-state index in [1.807, 2.05) is 0 Å². The Balaban J connectivity index is -0.000000254. The van der Waals surface area contributed by atoms with Crippen molar-refractivity contribution in [2.75, 3.05) is 0 Å². The van der Waals surface area contributed by atoms with Crippen LogP contribution in [0.5, 0.6) is 0 Å². The molecule has 1 fully saturated rings. The van der Waals surface area contributed by atoms with Gasteiger partial charge >= 0.3 is 35.6 Å². The number of hydrogen-bond acceptors (Lipinski definition) is 0. The van der Waals surface area contributed by atoms with Gasteiger partial charge in [0.2, 0.25) is 0 Å². The van der Waals surface area contributed by atoms with Crippen molar-refractivity contribution in [3.63, 3.8) is 0 Å². The van der Waals surface area contributed by atoms with Gasteiger partial charge in [-0.1, -0.05) is 34.6 Å². The van der Waals surface area contributed by atoms with Gasteiger partial charge in [0.15, 0.2) is 0 Å². The van der Waals surface area contributed by atoms with Gasteiger partial charge in [-0.15, -0.1) is 0 Å². The quantitative estimate of drug-likeness (QED) is 0.355. The summed E-state index contributed by atoms with van der Waals surface area (Å²) >= 11 is -1.67. The van der Waals surface area contributed by atoms with E-state index >= 15 is 0 Å². The number of hydrogen-bond donors (Lipinski definition) is 0. The maximum Gasteiger partial charge on any atom is 3.00 e. The molecule has 0 atom stereocenters. The molecule has 5 radical (unpaired) electrons. The molecule has 0 spiro atoms. The monoisotopic (exact) mass is 448 g/mol. The van der Waals surface area contributed by atoms with Gasteiger partial charge in [-0.2, -0.15) is 0 Å². The summed E-state index contributed by atoms with van der Waals surface area (Å²) in [6.07, 6.45) is 0. The molecule has 21 heavy (non-hydrogen) atoms. The van der Waals surface area contributed by atoms with Crippen molar-refractivity contribution in [3.05, 3.63) is 29.6 Å². The minimum Gasteiger partial charge on any atom is -0.204 e. The third-order valence-electron chi connectivity index (χ3n) is 2.81. The van der Waals surface area contributed by atoms with Crippen LogP contribution in [-0.4, -0.2) is 26.2 Å². The summed E-state index contributed by atoms with van der Waals surface area (Å²) < 4.78 is 0. The maximum absolute atomic E-state index is 2.35. The molecule has 0 aromatic rings. The van der Waals surface area contributed by atoms with Crippen molar-refractivity contribution in [2.24, 2.45) is 0 Å². The zero-order chi connectivity index (χ0) is 16.9. The number of rotatable bonds is 0. The summed E-state index contributed by atoms with van der Waals surface area (Å²) in [4.78, 5) is 0. The van der Waals surface area contributed by atoms with Gasteiger partial charge in [-0.3, -0.25) is 0 Å². The van der Waals surface area contributed by atoms with E-state index in [0.29, 0.717) is 0 Å². The van der Waals surface area contributed by atoms with Crippen molar-refractivity contribution in [1.82, 2.24) is 0 Å². The molecule has 0 amide bonds. The second-order valence-corrected chi connectivity index (χ2v) is 23.9. The second kappa shape index (κ2) is 11.8. The van der Waals surface area contributed by atoms with Gasteiger partial charge in [0, 0.05) is 0 Å². The first-order valence-electron chi connectivity index (χ1n) is 8.37. The van der Waals surface area contributed by atoms with Crippen LogP contribution >= 0.6 is 0 Å². The summed E-state index contributed by atoms with van der Waals surface area (Å²) in [7, 11) is 0. The summed E-state index contributed by atoms with van der Waals surface area (Å²) in [5.74, 6) is 26.2. The normalized spacial score (nSPS) is 19.3. The minimum atomic E-state index is -0.833. The molecule has 0 nitrogen and oxygen atoms in total. The van der Waals surface area contributed by atoms with Gasteiger partial charge in [-0.05, 0) is 29.6 Å². The molecule has 0 bridgehead atoms. The van der Waals surface area contributed by atoms with Crippen LogP contribution in [0.2, 0.25) is 46.3 Å². The Kier molecular flexibility index (Phi) is 15.7. The Hall–Kier alpha value is 2.26. The first-order valence-corrected chi connectivity index (χ1v) is 17.6. The fourth-order valence-electron chi connectivity index (χ4n) is 1.41. The molecule has 0 N–H and O–H groups in total. The molecular formula is C18H39Al2La+. The molecule has 0 saturated heterocycles. The molecular weight excluding hydrogens is 409 g/mol. The molecule has 0 heterocycles. The standard InChI is InChI=1S/C10H15.8CH3.2Al.La/c1-6-7(2)9(4)10(5)8(6)3;;;;;;;;;;;/h1-5H3;8*1H3;;;/q;;;;;;;;;2*-1;+3. The van der Waals surface area contributed by atoms with E-state index in [1.165, 1.54) is 29.6 Å². The van der Waals surface area contributed by atoms with E-state index in [0.717, 1.165) is 0 Å². The Morgan fingerprint density at radius 3 is 0.476 bits per heavy atom. The second-order valence-electron chi connectivity index (χ2n) is 10.1. The summed E-state index contributed by atoms with van der Waals surface area (Å²) in [5, 5.41) is 0. The first kappa shape index (κ1) is 28.1. The van der Waals surface area contributed by atoms with Crippen LogP contribution in [0, 0.1) is 65.2 Å².